The first kappa shape index (κ1) is 22.8. The van der Waals surface area contributed by atoms with Gasteiger partial charge in [-0.1, -0.05) is 11.6 Å². The molecule has 0 amide bonds. The zero-order valence-electron chi connectivity index (χ0n) is 19.1. The topological polar surface area (TPSA) is 79.1 Å². The van der Waals surface area contributed by atoms with Crippen molar-refractivity contribution in [1.29, 1.82) is 0 Å². The monoisotopic (exact) mass is 481 g/mol. The van der Waals surface area contributed by atoms with Crippen molar-refractivity contribution in [2.75, 3.05) is 45.7 Å². The quantitative estimate of drug-likeness (QED) is 0.363. The molecule has 0 unspecified atom stereocenters. The van der Waals surface area contributed by atoms with E-state index in [1.54, 1.807) is 43.8 Å². The van der Waals surface area contributed by atoms with Crippen molar-refractivity contribution >= 4 is 28.2 Å². The van der Waals surface area contributed by atoms with Gasteiger partial charge in [0, 0.05) is 35.7 Å². The lowest BCUT2D eigenvalue weighted by atomic mass is 9.77. The molecule has 2 aromatic carbocycles. The van der Waals surface area contributed by atoms with Gasteiger partial charge in [-0.2, -0.15) is 0 Å². The smallest absolute Gasteiger partial charge is 0.170 e. The first-order valence-corrected chi connectivity index (χ1v) is 11.7. The molecule has 1 spiro atoms. The van der Waals surface area contributed by atoms with E-state index in [-0.39, 0.29) is 0 Å². The molecule has 178 valence electrons. The minimum Gasteiger partial charge on any atom is -0.493 e. The first-order valence-electron chi connectivity index (χ1n) is 11.4. The van der Waals surface area contributed by atoms with Crippen molar-refractivity contribution in [3.05, 3.63) is 60.0 Å². The zero-order valence-corrected chi connectivity index (χ0v) is 19.9. The van der Waals surface area contributed by atoms with Gasteiger partial charge in [-0.3, -0.25) is 9.88 Å². The molecule has 0 atom stereocenters. The summed E-state index contributed by atoms with van der Waals surface area (Å²) in [6.07, 6.45) is 7.87. The predicted octanol–water partition coefficient (Wildman–Crippen LogP) is 5.28. The molecular formula is C26H28ClN3O4. The number of halogens is 1. The standard InChI is InChI=1S/C26H28ClN3O4/c1-31-24-14-19-22(29-8-5-23(19)34-18-3-4-21(28)20(27)13-18)15-25(24)33-12-2-9-30-10-6-26(7-11-30)16-32-17-26/h2-5,8,12-15H,6-7,9-11,16-17,28H2,1H3/b12-2+. The Morgan fingerprint density at radius 2 is 1.94 bits per heavy atom. The van der Waals surface area contributed by atoms with Gasteiger partial charge in [-0.05, 0) is 56.3 Å². The van der Waals surface area contributed by atoms with Crippen LogP contribution in [-0.2, 0) is 4.74 Å². The average molecular weight is 482 g/mol. The van der Waals surface area contributed by atoms with Crippen molar-refractivity contribution < 1.29 is 18.9 Å². The van der Waals surface area contributed by atoms with E-state index in [1.165, 1.54) is 12.8 Å². The number of anilines is 1. The lowest BCUT2D eigenvalue weighted by Crippen LogP contribution is -2.50. The number of nitrogens with two attached hydrogens (primary N) is 1. The number of piperidine rings is 1. The van der Waals surface area contributed by atoms with Crippen molar-refractivity contribution in [2.24, 2.45) is 5.41 Å². The number of benzene rings is 2. The largest absolute Gasteiger partial charge is 0.493 e. The van der Waals surface area contributed by atoms with Gasteiger partial charge >= 0.3 is 0 Å². The van der Waals surface area contributed by atoms with Crippen molar-refractivity contribution in [2.45, 2.75) is 12.8 Å². The number of hydrogen-bond donors (Lipinski definition) is 1. The summed E-state index contributed by atoms with van der Waals surface area (Å²) in [6.45, 7) is 4.90. The fourth-order valence-electron chi connectivity index (χ4n) is 4.37. The van der Waals surface area contributed by atoms with E-state index < -0.39 is 0 Å². The van der Waals surface area contributed by atoms with E-state index in [0.29, 0.717) is 39.1 Å². The molecule has 2 fully saturated rings. The molecule has 2 N–H and O–H groups in total. The van der Waals surface area contributed by atoms with Gasteiger partial charge in [-0.15, -0.1) is 0 Å². The van der Waals surface area contributed by atoms with E-state index in [9.17, 15) is 0 Å². The lowest BCUT2D eigenvalue weighted by Gasteiger charge is -2.47. The molecule has 2 aliphatic rings. The number of fused-ring (bicyclic) bond motifs is 1. The van der Waals surface area contributed by atoms with Crippen molar-refractivity contribution in [3.8, 4) is 23.0 Å². The summed E-state index contributed by atoms with van der Waals surface area (Å²) >= 11 is 6.13. The summed E-state index contributed by atoms with van der Waals surface area (Å²) in [5.41, 5.74) is 7.48. The number of methoxy groups -OCH3 is 1. The normalized spacial score (nSPS) is 17.7. The van der Waals surface area contributed by atoms with Crippen LogP contribution in [-0.4, -0.2) is 49.8 Å². The Bertz CT molecular complexity index is 1200. The summed E-state index contributed by atoms with van der Waals surface area (Å²) in [6, 6.07) is 10.7. The molecule has 1 aromatic heterocycles. The third-order valence-corrected chi connectivity index (χ3v) is 6.90. The van der Waals surface area contributed by atoms with Crippen LogP contribution in [0.3, 0.4) is 0 Å². The van der Waals surface area contributed by atoms with E-state index in [1.807, 2.05) is 18.2 Å². The van der Waals surface area contributed by atoms with Crippen LogP contribution >= 0.6 is 11.6 Å². The van der Waals surface area contributed by atoms with Gasteiger partial charge in [0.1, 0.15) is 11.5 Å². The van der Waals surface area contributed by atoms with Crippen LogP contribution < -0.4 is 19.9 Å². The third kappa shape index (κ3) is 4.78. The number of ether oxygens (including phenoxy) is 4. The summed E-state index contributed by atoms with van der Waals surface area (Å²) in [7, 11) is 1.61. The molecule has 8 heteroatoms. The second-order valence-electron chi connectivity index (χ2n) is 8.90. The second-order valence-corrected chi connectivity index (χ2v) is 9.30. The van der Waals surface area contributed by atoms with Crippen LogP contribution in [0.15, 0.2) is 54.9 Å². The Kier molecular flexibility index (Phi) is 6.50. The molecule has 2 saturated heterocycles. The average Bonchev–Trinajstić information content (AvgIpc) is 2.83. The summed E-state index contributed by atoms with van der Waals surface area (Å²) < 4.78 is 23.0. The fourth-order valence-corrected chi connectivity index (χ4v) is 4.54. The summed E-state index contributed by atoms with van der Waals surface area (Å²) in [5, 5.41) is 1.24. The lowest BCUT2D eigenvalue weighted by molar-refractivity contribution is -0.138. The van der Waals surface area contributed by atoms with E-state index in [4.69, 9.17) is 36.3 Å². The van der Waals surface area contributed by atoms with Crippen LogP contribution in [0.1, 0.15) is 12.8 Å². The Hall–Kier alpha value is -3.00. The summed E-state index contributed by atoms with van der Waals surface area (Å²) in [5.74, 6) is 2.40. The maximum atomic E-state index is 6.13. The number of pyridine rings is 1. The third-order valence-electron chi connectivity index (χ3n) is 6.57. The molecular weight excluding hydrogens is 454 g/mol. The van der Waals surface area contributed by atoms with Gasteiger partial charge < -0.3 is 24.7 Å². The maximum Gasteiger partial charge on any atom is 0.170 e. The SMILES string of the molecule is COc1cc2c(Oc3ccc(N)c(Cl)c3)ccnc2cc1O/C=C/CN1CCC2(CC1)COC2. The van der Waals surface area contributed by atoms with Crippen LogP contribution in [0.4, 0.5) is 5.69 Å². The van der Waals surface area contributed by atoms with Crippen molar-refractivity contribution in [3.63, 3.8) is 0 Å². The summed E-state index contributed by atoms with van der Waals surface area (Å²) in [4.78, 5) is 6.92. The molecule has 0 bridgehead atoms. The highest BCUT2D eigenvalue weighted by Gasteiger charge is 2.40. The second kappa shape index (κ2) is 9.70. The number of likely N-dealkylation sites (tertiary alicyclic amines) is 1. The molecule has 3 aromatic rings. The molecule has 3 heterocycles. The number of nitrogen functional groups attached to an aromatic ring is 1. The van der Waals surface area contributed by atoms with Gasteiger partial charge in [0.15, 0.2) is 11.5 Å². The van der Waals surface area contributed by atoms with Gasteiger partial charge in [0.2, 0.25) is 0 Å². The Morgan fingerprint density at radius 3 is 2.65 bits per heavy atom. The van der Waals surface area contributed by atoms with Gasteiger partial charge in [0.25, 0.3) is 0 Å². The Labute approximate surface area is 204 Å². The van der Waals surface area contributed by atoms with E-state index in [0.717, 1.165) is 43.8 Å². The molecule has 7 nitrogen and oxygen atoms in total. The number of rotatable bonds is 7. The Morgan fingerprint density at radius 1 is 1.12 bits per heavy atom. The van der Waals surface area contributed by atoms with E-state index >= 15 is 0 Å². The number of hydrogen-bond acceptors (Lipinski definition) is 7. The molecule has 0 radical (unpaired) electrons. The predicted molar refractivity (Wildman–Crippen MR) is 133 cm³/mol. The maximum absolute atomic E-state index is 6.13. The van der Waals surface area contributed by atoms with E-state index in [2.05, 4.69) is 9.88 Å². The van der Waals surface area contributed by atoms with Crippen LogP contribution in [0.25, 0.3) is 10.9 Å². The van der Waals surface area contributed by atoms with Crippen LogP contribution in [0, 0.1) is 5.41 Å². The highest BCUT2D eigenvalue weighted by atomic mass is 35.5. The molecule has 2 aliphatic heterocycles. The molecule has 34 heavy (non-hydrogen) atoms. The molecule has 0 saturated carbocycles. The molecule has 0 aliphatic carbocycles. The number of nitrogens with zero attached hydrogens (tertiary/aromatic N) is 2. The Balaban J connectivity index is 1.27. The highest BCUT2D eigenvalue weighted by Crippen LogP contribution is 2.39. The number of aromatic nitrogens is 1. The minimum absolute atomic E-state index is 0.442. The highest BCUT2D eigenvalue weighted by molar-refractivity contribution is 6.33. The minimum atomic E-state index is 0.442. The molecule has 5 rings (SSSR count). The fraction of sp³-hybridized carbons (Fsp3) is 0.346. The first-order chi connectivity index (χ1) is 16.5. The van der Waals surface area contributed by atoms with Crippen LogP contribution in [0.5, 0.6) is 23.0 Å². The van der Waals surface area contributed by atoms with Gasteiger partial charge in [0.05, 0.1) is 42.8 Å². The zero-order chi connectivity index (χ0) is 23.5. The van der Waals surface area contributed by atoms with Crippen molar-refractivity contribution in [1.82, 2.24) is 9.88 Å². The van der Waals surface area contributed by atoms with Gasteiger partial charge in [-0.25, -0.2) is 0 Å². The van der Waals surface area contributed by atoms with Crippen LogP contribution in [0.2, 0.25) is 5.02 Å².